The molecular formula is C10H13N3. The van der Waals surface area contributed by atoms with E-state index < -0.39 is 0 Å². The van der Waals surface area contributed by atoms with E-state index in [2.05, 4.69) is 28.2 Å². The summed E-state index contributed by atoms with van der Waals surface area (Å²) in [7, 11) is 2.00. The van der Waals surface area contributed by atoms with Crippen LogP contribution in [0.4, 0.5) is 0 Å². The minimum absolute atomic E-state index is 0.0508. The number of benzene rings is 1. The van der Waals surface area contributed by atoms with Gasteiger partial charge >= 0.3 is 0 Å². The van der Waals surface area contributed by atoms with Crippen LogP contribution in [0.3, 0.4) is 0 Å². The van der Waals surface area contributed by atoms with E-state index in [9.17, 15) is 0 Å². The summed E-state index contributed by atoms with van der Waals surface area (Å²) in [6, 6.07) is 8.35. The van der Waals surface area contributed by atoms with Crippen LogP contribution in [-0.2, 0) is 13.0 Å². The highest BCUT2D eigenvalue weighted by Crippen LogP contribution is 2.18. The summed E-state index contributed by atoms with van der Waals surface area (Å²) in [6.45, 7) is 0.897. The molecule has 0 fully saturated rings. The van der Waals surface area contributed by atoms with Crippen molar-refractivity contribution in [1.29, 1.82) is 0 Å². The zero-order chi connectivity index (χ0) is 9.26. The van der Waals surface area contributed by atoms with E-state index >= 15 is 0 Å². The Morgan fingerprint density at radius 1 is 1.38 bits per heavy atom. The molecule has 0 saturated carbocycles. The molecule has 1 aromatic carbocycles. The Balaban J connectivity index is 2.32. The van der Waals surface area contributed by atoms with Gasteiger partial charge in [-0.25, -0.2) is 4.90 Å². The molecule has 68 valence electrons. The van der Waals surface area contributed by atoms with Gasteiger partial charge in [0.15, 0.2) is 0 Å². The van der Waals surface area contributed by atoms with Crippen LogP contribution in [0.5, 0.6) is 0 Å². The fourth-order valence-electron chi connectivity index (χ4n) is 1.80. The number of hydrogen-bond acceptors (Lipinski definition) is 1. The summed E-state index contributed by atoms with van der Waals surface area (Å²) < 4.78 is 0. The maximum atomic E-state index is 8.90. The number of fused-ring (bicyclic) bond motifs is 1. The first-order valence-electron chi connectivity index (χ1n) is 4.48. The first kappa shape index (κ1) is 8.38. The molecule has 0 spiro atoms. The average Bonchev–Trinajstić information content (AvgIpc) is 2.17. The van der Waals surface area contributed by atoms with Gasteiger partial charge in [0, 0.05) is 13.0 Å². The number of rotatable bonds is 1. The van der Waals surface area contributed by atoms with Gasteiger partial charge in [0.05, 0.1) is 0 Å². The summed E-state index contributed by atoms with van der Waals surface area (Å²) in [6.07, 6.45) is 0.915. The molecule has 1 aliphatic rings. The van der Waals surface area contributed by atoms with Gasteiger partial charge < -0.3 is 10.6 Å². The Morgan fingerprint density at radius 3 is 2.77 bits per heavy atom. The Kier molecular flexibility index (Phi) is 2.10. The number of likely N-dealkylation sites (N-methyl/N-ethyl adjacent to an activating group) is 1. The van der Waals surface area contributed by atoms with Crippen molar-refractivity contribution in [3.05, 3.63) is 40.9 Å². The first-order valence-corrected chi connectivity index (χ1v) is 4.48. The van der Waals surface area contributed by atoms with E-state index in [-0.39, 0.29) is 6.17 Å². The highest BCUT2D eigenvalue weighted by Gasteiger charge is 2.23. The van der Waals surface area contributed by atoms with Crippen molar-refractivity contribution in [2.24, 2.45) is 0 Å². The third-order valence-electron chi connectivity index (χ3n) is 2.63. The fourth-order valence-corrected chi connectivity index (χ4v) is 1.80. The minimum Gasteiger partial charge on any atom is -0.507 e. The van der Waals surface area contributed by atoms with Gasteiger partial charge in [0.25, 0.3) is 0 Å². The highest BCUT2D eigenvalue weighted by atomic mass is 15.3. The molecule has 0 aliphatic carbocycles. The predicted octanol–water partition coefficient (Wildman–Crippen LogP) is 0.103. The molecular weight excluding hydrogens is 162 g/mol. The zero-order valence-corrected chi connectivity index (χ0v) is 7.70. The van der Waals surface area contributed by atoms with Crippen molar-refractivity contribution in [2.45, 2.75) is 19.1 Å². The van der Waals surface area contributed by atoms with Crippen molar-refractivity contribution in [3.63, 3.8) is 0 Å². The van der Waals surface area contributed by atoms with Crippen LogP contribution in [0.25, 0.3) is 5.53 Å². The van der Waals surface area contributed by atoms with Gasteiger partial charge in [-0.1, -0.05) is 24.3 Å². The van der Waals surface area contributed by atoms with Gasteiger partial charge in [0.2, 0.25) is 6.17 Å². The van der Waals surface area contributed by atoms with E-state index in [4.69, 9.17) is 5.53 Å². The summed E-state index contributed by atoms with van der Waals surface area (Å²) in [5.41, 5.74) is 11.6. The second-order valence-electron chi connectivity index (χ2n) is 3.53. The average molecular weight is 175 g/mol. The van der Waals surface area contributed by atoms with Crippen LogP contribution in [0, 0.1) is 0 Å². The largest absolute Gasteiger partial charge is 0.507 e. The Hall–Kier alpha value is -1.22. The molecule has 1 aromatic rings. The highest BCUT2D eigenvalue weighted by molar-refractivity contribution is 5.29. The molecule has 0 saturated heterocycles. The lowest BCUT2D eigenvalue weighted by Gasteiger charge is -2.28. The van der Waals surface area contributed by atoms with Gasteiger partial charge in [-0.3, -0.25) is 0 Å². The summed E-state index contributed by atoms with van der Waals surface area (Å²) in [5, 5.41) is 2.32. The maximum Gasteiger partial charge on any atom is 0.200 e. The fraction of sp³-hybridized carbons (Fsp3) is 0.400. The molecule has 1 aliphatic heterocycles. The topological polar surface area (TPSA) is 39.5 Å². The Labute approximate surface area is 77.9 Å². The summed E-state index contributed by atoms with van der Waals surface area (Å²) in [5.74, 6) is 0. The first-order chi connectivity index (χ1) is 6.31. The van der Waals surface area contributed by atoms with Crippen molar-refractivity contribution in [1.82, 2.24) is 4.90 Å². The van der Waals surface area contributed by atoms with Gasteiger partial charge in [-0.2, -0.15) is 0 Å². The van der Waals surface area contributed by atoms with E-state index in [1.54, 1.807) is 0 Å². The molecule has 1 unspecified atom stereocenters. The van der Waals surface area contributed by atoms with Crippen LogP contribution < -0.4 is 5.11 Å². The van der Waals surface area contributed by atoms with Gasteiger partial charge in [0.1, 0.15) is 0 Å². The van der Waals surface area contributed by atoms with Gasteiger partial charge in [-0.05, 0) is 18.2 Å². The van der Waals surface area contributed by atoms with Crippen molar-refractivity contribution in [2.75, 3.05) is 7.05 Å². The van der Waals surface area contributed by atoms with Crippen molar-refractivity contribution < 1.29 is 5.11 Å². The molecule has 0 aromatic heterocycles. The lowest BCUT2D eigenvalue weighted by molar-refractivity contribution is -0.555. The molecule has 1 heterocycles. The van der Waals surface area contributed by atoms with Crippen LogP contribution in [0.1, 0.15) is 11.1 Å². The molecule has 3 nitrogen and oxygen atoms in total. The number of nitrogens with one attached hydrogen (secondary N) is 1. The van der Waals surface area contributed by atoms with Crippen LogP contribution in [0.15, 0.2) is 24.3 Å². The quantitative estimate of drug-likeness (QED) is 0.604. The molecule has 3 heteroatoms. The van der Waals surface area contributed by atoms with E-state index in [1.165, 1.54) is 11.1 Å². The summed E-state index contributed by atoms with van der Waals surface area (Å²) in [4.78, 5) is 2.10. The number of hydrogen-bond donors (Lipinski definition) is 1. The predicted molar refractivity (Wildman–Crippen MR) is 49.7 cm³/mol. The van der Waals surface area contributed by atoms with E-state index in [0.717, 1.165) is 13.0 Å². The Morgan fingerprint density at radius 2 is 2.08 bits per heavy atom. The lowest BCUT2D eigenvalue weighted by Crippen LogP contribution is -2.78. The molecule has 0 radical (unpaired) electrons. The van der Waals surface area contributed by atoms with E-state index in [1.807, 2.05) is 13.1 Å². The molecule has 1 N–H and O–H groups in total. The standard InChI is InChI=1S/C10H13N3/c1-13-7-9-5-3-2-4-8(9)6-10(13)12-11/h2-5,10,12H,6-7H2,1H3. The van der Waals surface area contributed by atoms with Crippen molar-refractivity contribution in [3.8, 4) is 0 Å². The number of nitrogens with zero attached hydrogens (tertiary/aromatic N) is 2. The normalized spacial score (nSPS) is 22.4. The molecule has 2 rings (SSSR count). The van der Waals surface area contributed by atoms with Crippen LogP contribution >= 0.6 is 0 Å². The van der Waals surface area contributed by atoms with Crippen molar-refractivity contribution >= 4 is 0 Å². The third kappa shape index (κ3) is 1.47. The minimum atomic E-state index is 0.0508. The second-order valence-corrected chi connectivity index (χ2v) is 3.53. The summed E-state index contributed by atoms with van der Waals surface area (Å²) >= 11 is 0. The molecule has 1 atom stereocenters. The zero-order valence-electron chi connectivity index (χ0n) is 7.70. The van der Waals surface area contributed by atoms with Crippen LogP contribution in [-0.4, -0.2) is 18.1 Å². The Bertz CT molecular complexity index is 322. The third-order valence-corrected chi connectivity index (χ3v) is 2.63. The van der Waals surface area contributed by atoms with Crippen LogP contribution in [0.2, 0.25) is 0 Å². The maximum absolute atomic E-state index is 8.90. The van der Waals surface area contributed by atoms with Gasteiger partial charge in [-0.15, -0.1) is 0 Å². The molecule has 0 bridgehead atoms. The lowest BCUT2D eigenvalue weighted by atomic mass is 9.98. The van der Waals surface area contributed by atoms with E-state index in [0.29, 0.717) is 0 Å². The second kappa shape index (κ2) is 3.26. The SMILES string of the molecule is CN1Cc2ccccc2CC1[NH+]=[N-]. The monoisotopic (exact) mass is 175 g/mol. The smallest absolute Gasteiger partial charge is 0.200 e. The molecule has 0 amide bonds. The molecule has 13 heavy (non-hydrogen) atoms.